The van der Waals surface area contributed by atoms with Crippen molar-refractivity contribution in [3.05, 3.63) is 29.0 Å². The van der Waals surface area contributed by atoms with Gasteiger partial charge >= 0.3 is 0 Å². The van der Waals surface area contributed by atoms with Gasteiger partial charge in [-0.3, -0.25) is 4.79 Å². The molecule has 0 bridgehead atoms. The van der Waals surface area contributed by atoms with Crippen LogP contribution < -0.4 is 4.74 Å². The molecule has 0 saturated heterocycles. The van der Waals surface area contributed by atoms with E-state index in [2.05, 4.69) is 0 Å². The van der Waals surface area contributed by atoms with Crippen molar-refractivity contribution in [1.82, 2.24) is 4.90 Å². The summed E-state index contributed by atoms with van der Waals surface area (Å²) < 4.78 is 18.3. The van der Waals surface area contributed by atoms with Crippen LogP contribution in [0.3, 0.4) is 0 Å². The third-order valence-electron chi connectivity index (χ3n) is 4.01. The van der Waals surface area contributed by atoms with Gasteiger partial charge in [-0.15, -0.1) is 0 Å². The Morgan fingerprint density at radius 2 is 2.00 bits per heavy atom. The van der Waals surface area contributed by atoms with Gasteiger partial charge < -0.3 is 9.64 Å². The summed E-state index contributed by atoms with van der Waals surface area (Å²) in [6, 6.07) is 4.18. The molecule has 3 nitrogen and oxygen atoms in total. The zero-order chi connectivity index (χ0) is 15.2. The Bertz CT molecular complexity index is 487. The number of carbonyl (C=O) groups excluding carboxylic acids is 1. The Labute approximate surface area is 130 Å². The molecule has 116 valence electrons. The first-order valence-electron chi connectivity index (χ1n) is 7.41. The molecule has 0 heterocycles. The van der Waals surface area contributed by atoms with Crippen LogP contribution in [0.25, 0.3) is 0 Å². The van der Waals surface area contributed by atoms with Crippen LogP contribution in [0, 0.1) is 5.82 Å². The number of nitrogens with zero attached hydrogens (tertiary/aromatic N) is 1. The van der Waals surface area contributed by atoms with Crippen molar-refractivity contribution in [3.63, 3.8) is 0 Å². The average molecular weight is 314 g/mol. The standard InChI is InChI=1S/C16H21ClFNO2/c1-19(13-6-4-2-3-5-7-13)16(20)11-21-15-9-8-12(18)10-14(15)17/h8-10,13H,2-7,11H2,1H3. The molecule has 1 aromatic carbocycles. The molecule has 5 heteroatoms. The Kier molecular flexibility index (Phi) is 5.85. The van der Waals surface area contributed by atoms with Gasteiger partial charge in [0.15, 0.2) is 6.61 Å². The molecule has 0 aromatic heterocycles. The normalized spacial score (nSPS) is 16.3. The number of carbonyl (C=O) groups is 1. The van der Waals surface area contributed by atoms with Crippen LogP contribution in [0.15, 0.2) is 18.2 Å². The van der Waals surface area contributed by atoms with E-state index in [1.54, 1.807) is 4.90 Å². The lowest BCUT2D eigenvalue weighted by atomic mass is 10.1. The minimum atomic E-state index is -0.422. The molecule has 0 spiro atoms. The van der Waals surface area contributed by atoms with Crippen LogP contribution in [0.5, 0.6) is 5.75 Å². The van der Waals surface area contributed by atoms with E-state index in [0.29, 0.717) is 11.8 Å². The SMILES string of the molecule is CN(C(=O)COc1ccc(F)cc1Cl)C1CCCCCC1. The van der Waals surface area contributed by atoms with Crippen molar-refractivity contribution >= 4 is 17.5 Å². The van der Waals surface area contributed by atoms with Crippen LogP contribution in [0.4, 0.5) is 4.39 Å². The fraction of sp³-hybridized carbons (Fsp3) is 0.562. The monoisotopic (exact) mass is 313 g/mol. The summed E-state index contributed by atoms with van der Waals surface area (Å²) in [5.41, 5.74) is 0. The first-order chi connectivity index (χ1) is 10.1. The lowest BCUT2D eigenvalue weighted by molar-refractivity contribution is -0.134. The number of halogens is 2. The van der Waals surface area contributed by atoms with Crippen molar-refractivity contribution < 1.29 is 13.9 Å². The highest BCUT2D eigenvalue weighted by Gasteiger charge is 2.21. The summed E-state index contributed by atoms with van der Waals surface area (Å²) in [6.07, 6.45) is 6.96. The lowest BCUT2D eigenvalue weighted by Crippen LogP contribution is -2.39. The molecular formula is C16H21ClFNO2. The maximum absolute atomic E-state index is 12.9. The summed E-state index contributed by atoms with van der Waals surface area (Å²) in [5, 5.41) is 0.180. The number of amides is 1. The topological polar surface area (TPSA) is 29.5 Å². The highest BCUT2D eigenvalue weighted by Crippen LogP contribution is 2.25. The Morgan fingerprint density at radius 1 is 1.33 bits per heavy atom. The second-order valence-corrected chi connectivity index (χ2v) is 5.92. The highest BCUT2D eigenvalue weighted by atomic mass is 35.5. The maximum Gasteiger partial charge on any atom is 0.260 e. The van der Waals surface area contributed by atoms with Crippen molar-refractivity contribution in [3.8, 4) is 5.75 Å². The lowest BCUT2D eigenvalue weighted by Gasteiger charge is -2.27. The molecule has 1 aliphatic rings. The van der Waals surface area contributed by atoms with Gasteiger partial charge in [-0.1, -0.05) is 37.3 Å². The average Bonchev–Trinajstić information content (AvgIpc) is 2.74. The van der Waals surface area contributed by atoms with E-state index in [4.69, 9.17) is 16.3 Å². The minimum Gasteiger partial charge on any atom is -0.482 e. The van der Waals surface area contributed by atoms with Crippen LogP contribution in [-0.4, -0.2) is 30.5 Å². The van der Waals surface area contributed by atoms with Gasteiger partial charge in [0.1, 0.15) is 11.6 Å². The minimum absolute atomic E-state index is 0.0673. The van der Waals surface area contributed by atoms with Gasteiger partial charge in [-0.25, -0.2) is 4.39 Å². The molecule has 0 unspecified atom stereocenters. The van der Waals surface area contributed by atoms with Gasteiger partial charge in [0.05, 0.1) is 5.02 Å². The fourth-order valence-corrected chi connectivity index (χ4v) is 2.90. The van der Waals surface area contributed by atoms with E-state index in [1.807, 2.05) is 7.05 Å². The van der Waals surface area contributed by atoms with Crippen LogP contribution in [-0.2, 0) is 4.79 Å². The fourth-order valence-electron chi connectivity index (χ4n) is 2.68. The zero-order valence-electron chi connectivity index (χ0n) is 12.3. The molecule has 1 aromatic rings. The van der Waals surface area contributed by atoms with Crippen LogP contribution in [0.2, 0.25) is 5.02 Å². The first-order valence-corrected chi connectivity index (χ1v) is 7.79. The Balaban J connectivity index is 1.88. The number of hydrogen-bond donors (Lipinski definition) is 0. The third-order valence-corrected chi connectivity index (χ3v) is 4.31. The summed E-state index contributed by atoms with van der Waals surface area (Å²) in [4.78, 5) is 14.0. The molecule has 1 amide bonds. The second kappa shape index (κ2) is 7.64. The quantitative estimate of drug-likeness (QED) is 0.785. The summed E-state index contributed by atoms with van der Waals surface area (Å²) in [5.74, 6) is -0.155. The highest BCUT2D eigenvalue weighted by molar-refractivity contribution is 6.32. The second-order valence-electron chi connectivity index (χ2n) is 5.51. The van der Waals surface area contributed by atoms with E-state index < -0.39 is 5.82 Å². The Morgan fingerprint density at radius 3 is 2.62 bits per heavy atom. The van der Waals surface area contributed by atoms with Gasteiger partial charge in [0, 0.05) is 13.1 Å². The summed E-state index contributed by atoms with van der Waals surface area (Å²) >= 11 is 5.87. The molecule has 1 fully saturated rings. The van der Waals surface area contributed by atoms with E-state index in [-0.39, 0.29) is 17.5 Å². The number of benzene rings is 1. The molecular weight excluding hydrogens is 293 g/mol. The van der Waals surface area contributed by atoms with E-state index >= 15 is 0 Å². The van der Waals surface area contributed by atoms with Crippen LogP contribution in [0.1, 0.15) is 38.5 Å². The predicted octanol–water partition coefficient (Wildman–Crippen LogP) is 4.04. The number of hydrogen-bond acceptors (Lipinski definition) is 2. The maximum atomic E-state index is 12.9. The predicted molar refractivity (Wildman–Crippen MR) is 81.2 cm³/mol. The summed E-state index contributed by atoms with van der Waals surface area (Å²) in [6.45, 7) is -0.0711. The molecule has 0 aliphatic heterocycles. The smallest absolute Gasteiger partial charge is 0.260 e. The van der Waals surface area contributed by atoms with Crippen LogP contribution >= 0.6 is 11.6 Å². The first kappa shape index (κ1) is 16.1. The molecule has 1 aliphatic carbocycles. The third kappa shape index (κ3) is 4.60. The number of likely N-dealkylation sites (N-methyl/N-ethyl adjacent to an activating group) is 1. The van der Waals surface area contributed by atoms with Crippen molar-refractivity contribution in [2.45, 2.75) is 44.6 Å². The van der Waals surface area contributed by atoms with Gasteiger partial charge in [-0.05, 0) is 31.0 Å². The van der Waals surface area contributed by atoms with Gasteiger partial charge in [0.2, 0.25) is 0 Å². The molecule has 2 rings (SSSR count). The van der Waals surface area contributed by atoms with Gasteiger partial charge in [0.25, 0.3) is 5.91 Å². The van der Waals surface area contributed by atoms with E-state index in [1.165, 1.54) is 43.9 Å². The Hall–Kier alpha value is -1.29. The van der Waals surface area contributed by atoms with Crippen molar-refractivity contribution in [2.24, 2.45) is 0 Å². The van der Waals surface area contributed by atoms with E-state index in [0.717, 1.165) is 12.8 Å². The molecule has 21 heavy (non-hydrogen) atoms. The summed E-state index contributed by atoms with van der Waals surface area (Å²) in [7, 11) is 1.83. The number of ether oxygens (including phenoxy) is 1. The molecule has 0 atom stereocenters. The van der Waals surface area contributed by atoms with Crippen molar-refractivity contribution in [2.75, 3.05) is 13.7 Å². The largest absolute Gasteiger partial charge is 0.482 e. The van der Waals surface area contributed by atoms with Gasteiger partial charge in [-0.2, -0.15) is 0 Å². The molecule has 1 saturated carbocycles. The zero-order valence-corrected chi connectivity index (χ0v) is 13.0. The number of rotatable bonds is 4. The molecule has 0 radical (unpaired) electrons. The molecule has 0 N–H and O–H groups in total. The van der Waals surface area contributed by atoms with E-state index in [9.17, 15) is 9.18 Å². The van der Waals surface area contributed by atoms with Crippen molar-refractivity contribution in [1.29, 1.82) is 0 Å².